The molecule has 0 aliphatic heterocycles. The highest BCUT2D eigenvalue weighted by molar-refractivity contribution is 6.30. The van der Waals surface area contributed by atoms with Gasteiger partial charge in [-0.25, -0.2) is 18.8 Å². The lowest BCUT2D eigenvalue weighted by atomic mass is 9.96. The number of nitrogens with zero attached hydrogens (tertiary/aromatic N) is 5. The van der Waals surface area contributed by atoms with Crippen LogP contribution in [0.25, 0.3) is 16.6 Å². The number of fused-ring (bicyclic) bond motifs is 1. The Balaban J connectivity index is 1.89. The van der Waals surface area contributed by atoms with Crippen LogP contribution in [0, 0.1) is 38.5 Å². The molecule has 10 nitrogen and oxygen atoms in total. The number of aromatic nitrogens is 4. The normalized spacial score (nSPS) is 10.7. The predicted octanol–water partition coefficient (Wildman–Crippen LogP) is 2.99. The Hall–Kier alpha value is -5.06. The van der Waals surface area contributed by atoms with Crippen LogP contribution in [0.1, 0.15) is 27.2 Å². The van der Waals surface area contributed by atoms with Crippen LogP contribution in [-0.2, 0) is 14.1 Å². The highest BCUT2D eigenvalue weighted by Gasteiger charge is 2.28. The molecule has 4 rings (SSSR count). The molecule has 0 aliphatic rings. The Kier molecular flexibility index (Phi) is 7.67. The molecule has 0 bridgehead atoms. The van der Waals surface area contributed by atoms with Crippen LogP contribution in [0.4, 0.5) is 4.79 Å². The predicted molar refractivity (Wildman–Crippen MR) is 151 cm³/mol. The van der Waals surface area contributed by atoms with Crippen molar-refractivity contribution in [2.75, 3.05) is 13.1 Å². The van der Waals surface area contributed by atoms with Crippen molar-refractivity contribution >= 4 is 34.4 Å². The molecule has 0 saturated carbocycles. The van der Waals surface area contributed by atoms with Gasteiger partial charge < -0.3 is 4.74 Å². The Morgan fingerprint density at radius 2 is 1.75 bits per heavy atom. The van der Waals surface area contributed by atoms with Gasteiger partial charge in [-0.15, -0.1) is 12.8 Å². The summed E-state index contributed by atoms with van der Waals surface area (Å²) < 4.78 is 9.12. The maximum Gasteiger partial charge on any atom is 0.418 e. The van der Waals surface area contributed by atoms with Gasteiger partial charge in [0, 0.05) is 24.7 Å². The van der Waals surface area contributed by atoms with E-state index in [4.69, 9.17) is 29.2 Å². The molecule has 2 aromatic heterocycles. The second-order valence-electron chi connectivity index (χ2n) is 8.94. The second-order valence-corrected chi connectivity index (χ2v) is 9.38. The summed E-state index contributed by atoms with van der Waals surface area (Å²) >= 11 is 6.11. The first-order chi connectivity index (χ1) is 19.0. The van der Waals surface area contributed by atoms with Gasteiger partial charge in [0.2, 0.25) is 11.7 Å². The highest BCUT2D eigenvalue weighted by Crippen LogP contribution is 2.28. The Bertz CT molecular complexity index is 1890. The summed E-state index contributed by atoms with van der Waals surface area (Å²) in [7, 11) is 3.05. The Labute approximate surface area is 234 Å². The quantitative estimate of drug-likeness (QED) is 0.266. The number of carbonyl (C=O) groups excluding carboxylic acids is 2. The number of halogens is 1. The lowest BCUT2D eigenvalue weighted by Crippen LogP contribution is -2.38. The van der Waals surface area contributed by atoms with Crippen LogP contribution in [0.15, 0.2) is 46.0 Å². The molecule has 2 aromatic carbocycles. The molecule has 202 valence electrons. The summed E-state index contributed by atoms with van der Waals surface area (Å²) in [6.07, 6.45) is 9.82. The van der Waals surface area contributed by atoms with Crippen LogP contribution >= 0.6 is 11.6 Å². The van der Waals surface area contributed by atoms with E-state index in [-0.39, 0.29) is 41.2 Å². The molecular weight excluding hydrogens is 534 g/mol. The zero-order chi connectivity index (χ0) is 29.3. The zero-order valence-electron chi connectivity index (χ0n) is 22.2. The fraction of sp³-hybridized carbons (Fsp3) is 0.207. The van der Waals surface area contributed by atoms with Gasteiger partial charge in [0.1, 0.15) is 5.56 Å². The van der Waals surface area contributed by atoms with Gasteiger partial charge in [-0.1, -0.05) is 29.5 Å². The van der Waals surface area contributed by atoms with Crippen LogP contribution in [0.5, 0.6) is 5.88 Å². The highest BCUT2D eigenvalue weighted by atomic mass is 35.5. The van der Waals surface area contributed by atoms with Crippen LogP contribution in [0.2, 0.25) is 5.02 Å². The average molecular weight is 558 g/mol. The van der Waals surface area contributed by atoms with E-state index in [1.165, 1.54) is 41.5 Å². The maximum atomic E-state index is 13.9. The average Bonchev–Trinajstić information content (AvgIpc) is 3.18. The summed E-state index contributed by atoms with van der Waals surface area (Å²) in [4.78, 5) is 54.7. The van der Waals surface area contributed by atoms with Gasteiger partial charge in [-0.05, 0) is 49.7 Å². The number of amides is 1. The molecule has 0 spiro atoms. The second kappa shape index (κ2) is 11.0. The maximum absolute atomic E-state index is 13.9. The van der Waals surface area contributed by atoms with Crippen molar-refractivity contribution in [3.05, 3.63) is 84.6 Å². The van der Waals surface area contributed by atoms with Crippen molar-refractivity contribution < 1.29 is 14.3 Å². The molecule has 1 amide bonds. The van der Waals surface area contributed by atoms with E-state index < -0.39 is 23.1 Å². The molecule has 4 aromatic rings. The number of hydrogen-bond donors (Lipinski definition) is 0. The number of terminal acetylenes is 2. The van der Waals surface area contributed by atoms with E-state index in [0.29, 0.717) is 21.8 Å². The third-order valence-corrected chi connectivity index (χ3v) is 6.65. The summed E-state index contributed by atoms with van der Waals surface area (Å²) in [5.41, 5.74) is 0.277. The van der Waals surface area contributed by atoms with Crippen LogP contribution in [0.3, 0.4) is 0 Å². The number of hydrogen-bond acceptors (Lipinski definition) is 6. The molecule has 0 N–H and O–H groups in total. The van der Waals surface area contributed by atoms with Crippen molar-refractivity contribution in [2.45, 2.75) is 13.8 Å². The van der Waals surface area contributed by atoms with Crippen molar-refractivity contribution in [2.24, 2.45) is 14.1 Å². The third kappa shape index (κ3) is 4.77. The van der Waals surface area contributed by atoms with Crippen molar-refractivity contribution in [3.63, 3.8) is 0 Å². The van der Waals surface area contributed by atoms with E-state index in [1.54, 1.807) is 32.0 Å². The molecular formula is C29H24ClN5O5. The molecule has 0 aliphatic carbocycles. The molecule has 0 unspecified atom stereocenters. The van der Waals surface area contributed by atoms with Crippen LogP contribution < -0.4 is 16.0 Å². The Morgan fingerprint density at radius 1 is 1.07 bits per heavy atom. The summed E-state index contributed by atoms with van der Waals surface area (Å²) in [5.74, 6) is 4.03. The van der Waals surface area contributed by atoms with E-state index >= 15 is 0 Å². The smallest absolute Gasteiger partial charge is 0.391 e. The van der Waals surface area contributed by atoms with E-state index in [0.717, 1.165) is 9.47 Å². The summed E-state index contributed by atoms with van der Waals surface area (Å²) in [6.45, 7) is 3.02. The number of aryl methyl sites for hydroxylation is 4. The van der Waals surface area contributed by atoms with E-state index in [2.05, 4.69) is 16.9 Å². The molecule has 40 heavy (non-hydrogen) atoms. The minimum Gasteiger partial charge on any atom is -0.391 e. The van der Waals surface area contributed by atoms with Crippen molar-refractivity contribution in [3.8, 4) is 36.3 Å². The zero-order valence-corrected chi connectivity index (χ0v) is 22.9. The molecule has 0 saturated heterocycles. The first kappa shape index (κ1) is 28.0. The number of benzene rings is 2. The Morgan fingerprint density at radius 3 is 2.38 bits per heavy atom. The van der Waals surface area contributed by atoms with Gasteiger partial charge >= 0.3 is 11.8 Å². The minimum atomic E-state index is -0.845. The van der Waals surface area contributed by atoms with E-state index in [9.17, 15) is 19.2 Å². The van der Waals surface area contributed by atoms with Crippen molar-refractivity contribution in [1.29, 1.82) is 0 Å². The number of ketones is 1. The van der Waals surface area contributed by atoms with E-state index in [1.807, 2.05) is 0 Å². The summed E-state index contributed by atoms with van der Waals surface area (Å²) in [5, 5.41) is 4.77. The lowest BCUT2D eigenvalue weighted by Gasteiger charge is -2.17. The minimum absolute atomic E-state index is 0.0275. The number of carbonyl (C=O) groups is 2. The number of ether oxygens (including phenoxy) is 1. The first-order valence-corrected chi connectivity index (χ1v) is 12.3. The third-order valence-electron chi connectivity index (χ3n) is 6.41. The van der Waals surface area contributed by atoms with Gasteiger partial charge in [0.05, 0.1) is 35.4 Å². The fourth-order valence-corrected chi connectivity index (χ4v) is 4.67. The summed E-state index contributed by atoms with van der Waals surface area (Å²) in [6, 6.07) is 9.40. The van der Waals surface area contributed by atoms with Gasteiger partial charge in [0.15, 0.2) is 0 Å². The molecule has 2 heterocycles. The topological polar surface area (TPSA) is 108 Å². The molecule has 0 radical (unpaired) electrons. The molecule has 0 fully saturated rings. The molecule has 0 atom stereocenters. The lowest BCUT2D eigenvalue weighted by molar-refractivity contribution is 0.103. The van der Waals surface area contributed by atoms with Gasteiger partial charge in [-0.3, -0.25) is 19.1 Å². The first-order valence-electron chi connectivity index (χ1n) is 11.9. The SMILES string of the molecule is C#CCN(CC#C)C(=O)Oc1c(C(=O)c2ccc3c(c2C)c(=O)n(-c2cccc(Cl)c2)c(=O)n3C)c(C)nn1C. The monoisotopic (exact) mass is 557 g/mol. The standard InChI is InChI=1S/C29H24ClN5O5/c1-7-14-34(15-8-2)29(39)40-27-24(18(4)31-33(27)6)25(36)21-12-13-22-23(17(21)3)26(37)35(28(38)32(22)5)20-11-9-10-19(30)16-20/h1-2,9-13,16H,14-15H2,3-6H3. The van der Waals surface area contributed by atoms with Gasteiger partial charge in [0.25, 0.3) is 5.56 Å². The van der Waals surface area contributed by atoms with Crippen molar-refractivity contribution in [1.82, 2.24) is 23.8 Å². The largest absolute Gasteiger partial charge is 0.418 e. The van der Waals surface area contributed by atoms with Gasteiger partial charge in [-0.2, -0.15) is 5.10 Å². The number of rotatable bonds is 6. The molecule has 11 heteroatoms. The van der Waals surface area contributed by atoms with Crippen LogP contribution in [-0.4, -0.2) is 48.8 Å². The fourth-order valence-electron chi connectivity index (χ4n) is 4.49.